The maximum Gasteiger partial charge on any atom is 0.432 e. The number of phenolic OH excluding ortho intramolecular Hbond substituents is 1. The van der Waals surface area contributed by atoms with Gasteiger partial charge in [0.2, 0.25) is 0 Å². The molecule has 8 fully saturated rings. The summed E-state index contributed by atoms with van der Waals surface area (Å²) >= 11 is 4.45. The van der Waals surface area contributed by atoms with Gasteiger partial charge in [-0.15, -0.1) is 0 Å². The van der Waals surface area contributed by atoms with E-state index in [9.17, 15) is 68.8 Å². The number of ether oxygens (including phenoxy) is 8. The van der Waals surface area contributed by atoms with Crippen molar-refractivity contribution in [2.45, 2.75) is 284 Å². The Morgan fingerprint density at radius 2 is 1.11 bits per heavy atom. The summed E-state index contributed by atoms with van der Waals surface area (Å²) in [7, 11) is -6.81. The number of thiophene rings is 1. The van der Waals surface area contributed by atoms with Crippen molar-refractivity contribution in [1.29, 1.82) is 0 Å². The van der Waals surface area contributed by atoms with Gasteiger partial charge in [0, 0.05) is 36.6 Å². The van der Waals surface area contributed by atoms with Crippen molar-refractivity contribution in [2.75, 3.05) is 0 Å². The smallest absolute Gasteiger partial charge is 0.432 e. The fraction of sp³-hybridized carbons (Fsp3) is 0.591. The van der Waals surface area contributed by atoms with Crippen molar-refractivity contribution in [3.63, 3.8) is 0 Å². The van der Waals surface area contributed by atoms with Crippen molar-refractivity contribution in [3.8, 4) is 16.4 Å². The van der Waals surface area contributed by atoms with Crippen LogP contribution in [0.3, 0.4) is 0 Å². The first kappa shape index (κ1) is 92.6. The Kier molecular flexibility index (Phi) is 30.2. The molecule has 0 radical (unpaired) electrons. The Labute approximate surface area is 702 Å². The van der Waals surface area contributed by atoms with Gasteiger partial charge in [0.1, 0.15) is 41.0 Å². The molecule has 4 aliphatic heterocycles. The normalized spacial score (nSPS) is 24.8. The lowest BCUT2D eigenvalue weighted by atomic mass is 9.78. The molecule has 18 nitrogen and oxygen atoms in total. The number of esters is 6. The van der Waals surface area contributed by atoms with Gasteiger partial charge >= 0.3 is 47.2 Å². The van der Waals surface area contributed by atoms with E-state index in [4.69, 9.17) is 33.2 Å². The summed E-state index contributed by atoms with van der Waals surface area (Å²) < 4.78 is 147. The summed E-state index contributed by atoms with van der Waals surface area (Å²) in [5, 5.41) is 6.58. The minimum Gasteiger partial charge on any atom is -0.743 e. The molecule has 1 aromatic heterocycles. The Hall–Kier alpha value is -6.28. The summed E-state index contributed by atoms with van der Waals surface area (Å²) in [6, 6.07) is 41.2. The van der Waals surface area contributed by atoms with Gasteiger partial charge in [-0.3, -0.25) is 28.8 Å². The minimum atomic E-state index is -6.87. The number of alkyl halides is 5. The number of phenols is 1. The molecular formula is C88H111F5I2O18S2. The second kappa shape index (κ2) is 37.6. The molecule has 5 heterocycles. The van der Waals surface area contributed by atoms with Crippen LogP contribution in [-0.2, 0) is 72.0 Å². The molecule has 4 saturated heterocycles. The lowest BCUT2D eigenvalue weighted by Gasteiger charge is -2.34. The van der Waals surface area contributed by atoms with Crippen molar-refractivity contribution in [3.05, 3.63) is 134 Å². The van der Waals surface area contributed by atoms with Gasteiger partial charge < -0.3 is 47.6 Å². The highest BCUT2D eigenvalue weighted by Crippen LogP contribution is 2.60. The Bertz CT molecular complexity index is 4460. The first-order chi connectivity index (χ1) is 53.8. The summed E-state index contributed by atoms with van der Waals surface area (Å²) in [4.78, 5) is 74.1. The van der Waals surface area contributed by atoms with Crippen molar-refractivity contribution in [1.82, 2.24) is 0 Å². The van der Waals surface area contributed by atoms with Crippen molar-refractivity contribution in [2.24, 2.45) is 45.8 Å². The largest absolute Gasteiger partial charge is 0.743 e. The van der Waals surface area contributed by atoms with Crippen molar-refractivity contribution < 1.29 is 107 Å². The van der Waals surface area contributed by atoms with Crippen LogP contribution in [0.15, 0.2) is 115 Å². The first-order valence-corrected chi connectivity index (χ1v) is 44.9. The molecule has 14 rings (SSSR count). The van der Waals surface area contributed by atoms with Crippen LogP contribution in [0.4, 0.5) is 22.0 Å². The van der Waals surface area contributed by atoms with Gasteiger partial charge in [-0.05, 0) is 281 Å². The highest BCUT2D eigenvalue weighted by atomic mass is 127. The van der Waals surface area contributed by atoms with E-state index in [1.54, 1.807) is 20.8 Å². The van der Waals surface area contributed by atoms with E-state index < -0.39 is 104 Å². The molecular weight excluding hydrogens is 1760 g/mol. The molecule has 0 amide bonds. The number of hydrogen-bond donors (Lipinski definition) is 1. The van der Waals surface area contributed by atoms with E-state index in [0.717, 1.165) is 40.6 Å². The number of carbonyl (C=O) groups is 6. The highest BCUT2D eigenvalue weighted by Gasteiger charge is 2.72. The average Bonchev–Trinajstić information content (AvgIpc) is 1.54. The number of benzene rings is 5. The summed E-state index contributed by atoms with van der Waals surface area (Å²) in [5.74, 6) is -6.71. The van der Waals surface area contributed by atoms with Gasteiger partial charge in [0.05, 0.1) is 43.7 Å². The van der Waals surface area contributed by atoms with Crippen LogP contribution in [0.5, 0.6) is 11.5 Å². The molecule has 6 aromatic rings. The van der Waals surface area contributed by atoms with Gasteiger partial charge in [-0.1, -0.05) is 109 Å². The molecule has 27 heteroatoms. The van der Waals surface area contributed by atoms with Crippen LogP contribution in [0.25, 0.3) is 25.1 Å². The van der Waals surface area contributed by atoms with Crippen LogP contribution in [0.1, 0.15) is 230 Å². The highest BCUT2D eigenvalue weighted by molar-refractivity contribution is 14.1. The fourth-order valence-electron chi connectivity index (χ4n) is 15.7. The maximum absolute atomic E-state index is 13.8. The third kappa shape index (κ3) is 21.1. The Morgan fingerprint density at radius 1 is 0.617 bits per heavy atom. The fourth-order valence-corrected chi connectivity index (χ4v) is 20.5. The second-order valence-electron chi connectivity index (χ2n) is 34.0. The second-order valence-corrected chi connectivity index (χ2v) is 39.8. The first-order valence-electron chi connectivity index (χ1n) is 40.1. The number of fused-ring (bicyclic) bond motifs is 5. The topological polar surface area (TPSA) is 254 Å². The molecule has 4 bridgehead atoms. The van der Waals surface area contributed by atoms with Gasteiger partial charge in [-0.2, -0.15) is 22.0 Å². The molecule has 115 heavy (non-hydrogen) atoms. The number of carbonyl (C=O) groups excluding carboxylic acids is 6. The van der Waals surface area contributed by atoms with Crippen LogP contribution in [0, 0.1) is 53.0 Å². The summed E-state index contributed by atoms with van der Waals surface area (Å²) in [6.45, 7) is 29.5. The summed E-state index contributed by atoms with van der Waals surface area (Å²) in [5.41, 5.74) is 0.554. The number of halogens is 7. The maximum atomic E-state index is 13.8. The summed E-state index contributed by atoms with van der Waals surface area (Å²) in [6.07, 6.45) is 1.46. The third-order valence-electron chi connectivity index (χ3n) is 24.6. The zero-order chi connectivity index (χ0) is 84.9. The average molecular weight is 1870 g/mol. The number of aromatic hydroxyl groups is 1. The molecule has 1 N–H and O–H groups in total. The predicted molar refractivity (Wildman–Crippen MR) is 445 cm³/mol. The Balaban J connectivity index is 0.000000163. The zero-order valence-corrected chi connectivity index (χ0v) is 74.2. The number of hydrogen-bond acceptors (Lipinski definition) is 18. The van der Waals surface area contributed by atoms with E-state index >= 15 is 0 Å². The van der Waals surface area contributed by atoms with Gasteiger partial charge in [0.25, 0.3) is 6.10 Å². The van der Waals surface area contributed by atoms with E-state index in [1.165, 1.54) is 85.6 Å². The van der Waals surface area contributed by atoms with E-state index in [2.05, 4.69) is 201 Å². The molecule has 14 unspecified atom stereocenters. The minimum absolute atomic E-state index is 0.00171. The number of rotatable bonds is 20. The third-order valence-corrected chi connectivity index (χ3v) is 29.2. The van der Waals surface area contributed by atoms with E-state index in [0.29, 0.717) is 36.8 Å². The molecule has 14 atom stereocenters. The SMILES string of the molecule is CCC(C)(C)C(=O)OC1(C)CCCC1.CCC(C)(C)C(=O)OC1C2CC3C(=O)OC1C3O2.CCC(C)(C)C(=O)OC1C2CC3C1OC(=O)C3C2C(=O)OC(C(F)(F)F)C(F)(F)S(=O)(=O)[O-].CCC(C)c1cc(I)cc(I)c1O.CCC(C)c1ccc(OC2(C)CCCCC2)cc1.c1ccc(-[s+]2c3ccccc3c3ccccc32)cc1. The predicted octanol–water partition coefficient (Wildman–Crippen LogP) is 21.2. The van der Waals surface area contributed by atoms with Crippen LogP contribution in [-0.4, -0.2) is 119 Å². The van der Waals surface area contributed by atoms with Crippen molar-refractivity contribution >= 4 is 122 Å². The lowest BCUT2D eigenvalue weighted by Crippen LogP contribution is -2.54. The van der Waals surface area contributed by atoms with E-state index in [1.807, 2.05) is 47.6 Å². The lowest BCUT2D eigenvalue weighted by molar-refractivity contribution is -0.262. The quantitative estimate of drug-likeness (QED) is 0.0186. The molecule has 0 spiro atoms. The van der Waals surface area contributed by atoms with E-state index in [-0.39, 0.29) is 69.5 Å². The zero-order valence-electron chi connectivity index (χ0n) is 68.2. The van der Waals surface area contributed by atoms with Crippen LogP contribution >= 0.6 is 55.7 Å². The molecule has 4 aliphatic carbocycles. The molecule has 632 valence electrons. The molecule has 5 aromatic carbocycles. The monoisotopic (exact) mass is 1870 g/mol. The molecule has 8 aliphatic rings. The van der Waals surface area contributed by atoms with Crippen LogP contribution < -0.4 is 4.74 Å². The molecule has 4 saturated carbocycles. The van der Waals surface area contributed by atoms with Crippen LogP contribution in [0.2, 0.25) is 0 Å². The Morgan fingerprint density at radius 3 is 1.63 bits per heavy atom. The van der Waals surface area contributed by atoms with Gasteiger partial charge in [-0.25, -0.2) is 8.42 Å². The van der Waals surface area contributed by atoms with Gasteiger partial charge in [0.15, 0.2) is 36.6 Å². The standard InChI is InChI=1S/C18H21F5O9S.C18H13S.C17H26O.C13H18O5.C12H22O2.C10H12I2O/c1-4-16(2,3)15(26)31-11-7-5-6-8(12(24)30-10(6)11)9(7)13(25)32-14(17(19,20)21)18(22,23)33(27,28)29;1-2-8-14(9-3-1)19-17-12-6-4-10-15(17)16-11-5-7-13-18(16)19;1-4-14(2)15-8-10-16(11-9-15)18-17(3)12-6-5-7-13-17;1-4-13(2,3)12(15)18-9-7-5-6-8(16-7)10(9)17-11(6)14;1-5-11(2,3)10(13)14-12(4)8-6-7-9-12;1-3-6(2)8-4-7(11)5-9(12)10(8)13/h6-11,14H,4-5H2,1-3H3,(H,27,28,29);1-13H;8-11,14H,4-7,12-13H2,1-3H3;6-10H,4-5H2,1-3H3;5-9H2,1-4H3;4-6,13H,3H2,1-2H3/q;+1;;;;/p-1.